The lowest BCUT2D eigenvalue weighted by molar-refractivity contribution is -0.125. The molecule has 0 saturated carbocycles. The summed E-state index contributed by atoms with van der Waals surface area (Å²) in [7, 11) is 0. The maximum absolute atomic E-state index is 14.2. The summed E-state index contributed by atoms with van der Waals surface area (Å²) in [4.78, 5) is 14.2. The standard InChI is InChI=1S/C33H34N2O/c1-22(2)29(20-25-11-14-32(24(4)19-25)35-16-8-15-34-35)33(36)31-18-23(3)17-28-13-12-27(21-30(28)31)26-9-6-5-7-10-26/h5-16,19,21-22,29,31H,3,17-18,20H2,1-2,4H3. The summed E-state index contributed by atoms with van der Waals surface area (Å²) in [6.07, 6.45) is 6.09. The Hall–Kier alpha value is -3.72. The Balaban J connectivity index is 1.45. The molecule has 2 atom stereocenters. The molecule has 2 unspecified atom stereocenters. The van der Waals surface area contributed by atoms with Gasteiger partial charge in [0.1, 0.15) is 5.78 Å². The fourth-order valence-corrected chi connectivity index (χ4v) is 5.57. The quantitative estimate of drug-likeness (QED) is 0.260. The van der Waals surface area contributed by atoms with Crippen LogP contribution < -0.4 is 0 Å². The molecule has 0 N–H and O–H groups in total. The lowest BCUT2D eigenvalue weighted by Crippen LogP contribution is -2.30. The largest absolute Gasteiger partial charge is 0.299 e. The Morgan fingerprint density at radius 1 is 1.03 bits per heavy atom. The molecule has 0 aliphatic heterocycles. The molecule has 0 radical (unpaired) electrons. The van der Waals surface area contributed by atoms with Crippen LogP contribution in [-0.4, -0.2) is 15.6 Å². The van der Waals surface area contributed by atoms with Gasteiger partial charge in [-0.25, -0.2) is 4.68 Å². The zero-order chi connectivity index (χ0) is 25.2. The number of aryl methyl sites for hydroxylation is 1. The minimum absolute atomic E-state index is 0.0518. The van der Waals surface area contributed by atoms with E-state index in [9.17, 15) is 4.79 Å². The summed E-state index contributed by atoms with van der Waals surface area (Å²) in [6, 6.07) is 25.5. The molecule has 36 heavy (non-hydrogen) atoms. The number of carbonyl (C=O) groups excluding carboxylic acids is 1. The van der Waals surface area contributed by atoms with E-state index in [1.165, 1.54) is 27.8 Å². The average Bonchev–Trinajstić information content (AvgIpc) is 3.41. The second-order valence-electron chi connectivity index (χ2n) is 10.5. The monoisotopic (exact) mass is 474 g/mol. The van der Waals surface area contributed by atoms with Gasteiger partial charge in [0.2, 0.25) is 0 Å². The first-order valence-corrected chi connectivity index (χ1v) is 12.9. The van der Waals surface area contributed by atoms with Gasteiger partial charge in [-0.1, -0.05) is 86.7 Å². The molecule has 1 aliphatic rings. The van der Waals surface area contributed by atoms with Crippen molar-refractivity contribution in [2.75, 3.05) is 0 Å². The maximum Gasteiger partial charge on any atom is 0.144 e. The lowest BCUT2D eigenvalue weighted by atomic mass is 9.71. The Bertz CT molecular complexity index is 1380. The lowest BCUT2D eigenvalue weighted by Gasteiger charge is -2.31. The van der Waals surface area contributed by atoms with Crippen LogP contribution in [0.5, 0.6) is 0 Å². The molecule has 0 bridgehead atoms. The highest BCUT2D eigenvalue weighted by atomic mass is 16.1. The minimum Gasteiger partial charge on any atom is -0.299 e. The van der Waals surface area contributed by atoms with Gasteiger partial charge >= 0.3 is 0 Å². The van der Waals surface area contributed by atoms with E-state index in [1.807, 2.05) is 23.0 Å². The molecular weight excluding hydrogens is 440 g/mol. The van der Waals surface area contributed by atoms with Crippen molar-refractivity contribution in [1.82, 2.24) is 9.78 Å². The van der Waals surface area contributed by atoms with E-state index in [0.717, 1.165) is 36.1 Å². The van der Waals surface area contributed by atoms with Crippen LogP contribution in [0.1, 0.15) is 48.4 Å². The Labute approximate surface area is 214 Å². The number of allylic oxidation sites excluding steroid dienone is 1. The summed E-state index contributed by atoms with van der Waals surface area (Å²) in [6.45, 7) is 10.8. The normalized spacial score (nSPS) is 16.1. The van der Waals surface area contributed by atoms with E-state index in [4.69, 9.17) is 0 Å². The number of Topliss-reactive ketones (excluding diaryl/α,β-unsaturated/α-hetero) is 1. The maximum atomic E-state index is 14.2. The van der Waals surface area contributed by atoms with Crippen molar-refractivity contribution < 1.29 is 4.79 Å². The molecule has 3 aromatic carbocycles. The predicted octanol–water partition coefficient (Wildman–Crippen LogP) is 7.52. The summed E-state index contributed by atoms with van der Waals surface area (Å²) < 4.78 is 1.89. The van der Waals surface area contributed by atoms with E-state index in [-0.39, 0.29) is 17.8 Å². The highest BCUT2D eigenvalue weighted by Gasteiger charge is 2.34. The van der Waals surface area contributed by atoms with Crippen LogP contribution in [0.4, 0.5) is 0 Å². The third-order valence-corrected chi connectivity index (χ3v) is 7.54. The molecule has 0 fully saturated rings. The fraction of sp³-hybridized carbons (Fsp3) is 0.273. The van der Waals surface area contributed by atoms with Gasteiger partial charge in [0.25, 0.3) is 0 Å². The Kier molecular flexibility index (Phi) is 6.73. The van der Waals surface area contributed by atoms with Crippen LogP contribution in [0.15, 0.2) is 97.3 Å². The van der Waals surface area contributed by atoms with Crippen molar-refractivity contribution in [2.24, 2.45) is 11.8 Å². The van der Waals surface area contributed by atoms with Crippen molar-refractivity contribution in [2.45, 2.75) is 46.0 Å². The van der Waals surface area contributed by atoms with Crippen LogP contribution >= 0.6 is 0 Å². The van der Waals surface area contributed by atoms with Crippen LogP contribution in [0.25, 0.3) is 16.8 Å². The summed E-state index contributed by atoms with van der Waals surface area (Å²) in [5.74, 6) is 0.400. The van der Waals surface area contributed by atoms with Gasteiger partial charge in [-0.2, -0.15) is 5.10 Å². The van der Waals surface area contributed by atoms with Gasteiger partial charge in [0, 0.05) is 24.2 Å². The molecule has 0 saturated heterocycles. The first-order valence-electron chi connectivity index (χ1n) is 12.9. The zero-order valence-corrected chi connectivity index (χ0v) is 21.4. The number of aromatic nitrogens is 2. The summed E-state index contributed by atoms with van der Waals surface area (Å²) >= 11 is 0. The number of nitrogens with zero attached hydrogens (tertiary/aromatic N) is 2. The van der Waals surface area contributed by atoms with E-state index in [2.05, 4.69) is 93.1 Å². The molecule has 0 amide bonds. The molecule has 5 rings (SSSR count). The van der Waals surface area contributed by atoms with Crippen LogP contribution in [0.3, 0.4) is 0 Å². The fourth-order valence-electron chi connectivity index (χ4n) is 5.57. The van der Waals surface area contributed by atoms with Crippen molar-refractivity contribution in [3.8, 4) is 16.8 Å². The van der Waals surface area contributed by atoms with Crippen LogP contribution in [0.2, 0.25) is 0 Å². The molecule has 182 valence electrons. The first kappa shape index (κ1) is 24.0. The predicted molar refractivity (Wildman–Crippen MR) is 147 cm³/mol. The molecule has 4 aromatic rings. The smallest absolute Gasteiger partial charge is 0.144 e. The van der Waals surface area contributed by atoms with Gasteiger partial charge in [0.15, 0.2) is 0 Å². The molecular formula is C33H34N2O. The SMILES string of the molecule is C=C1Cc2ccc(-c3ccccc3)cc2C(C(=O)C(Cc2ccc(-n3cccn3)c(C)c2)C(C)C)C1. The van der Waals surface area contributed by atoms with Crippen molar-refractivity contribution in [3.05, 3.63) is 120 Å². The van der Waals surface area contributed by atoms with Crippen LogP contribution in [0, 0.1) is 18.8 Å². The van der Waals surface area contributed by atoms with Crippen LogP contribution in [-0.2, 0) is 17.6 Å². The third-order valence-electron chi connectivity index (χ3n) is 7.54. The Morgan fingerprint density at radius 2 is 1.83 bits per heavy atom. The molecule has 1 aliphatic carbocycles. The third kappa shape index (κ3) is 4.83. The average molecular weight is 475 g/mol. The number of fused-ring (bicyclic) bond motifs is 1. The Morgan fingerprint density at radius 3 is 2.53 bits per heavy atom. The molecule has 0 spiro atoms. The summed E-state index contributed by atoms with van der Waals surface area (Å²) in [5.41, 5.74) is 9.36. The highest BCUT2D eigenvalue weighted by Crippen LogP contribution is 2.40. The van der Waals surface area contributed by atoms with Gasteiger partial charge < -0.3 is 0 Å². The summed E-state index contributed by atoms with van der Waals surface area (Å²) in [5, 5.41) is 4.37. The molecule has 3 heteroatoms. The topological polar surface area (TPSA) is 34.9 Å². The van der Waals surface area contributed by atoms with E-state index < -0.39 is 0 Å². The molecule has 1 heterocycles. The number of benzene rings is 3. The number of ketones is 1. The number of carbonyl (C=O) groups is 1. The van der Waals surface area contributed by atoms with Gasteiger partial charge in [-0.05, 0) is 77.6 Å². The number of rotatable bonds is 7. The number of hydrogen-bond donors (Lipinski definition) is 0. The van der Waals surface area contributed by atoms with Gasteiger partial charge in [-0.15, -0.1) is 0 Å². The van der Waals surface area contributed by atoms with E-state index in [1.54, 1.807) is 6.20 Å². The second-order valence-corrected chi connectivity index (χ2v) is 10.5. The molecule has 3 nitrogen and oxygen atoms in total. The van der Waals surface area contributed by atoms with Gasteiger partial charge in [-0.3, -0.25) is 4.79 Å². The van der Waals surface area contributed by atoms with Crippen molar-refractivity contribution >= 4 is 5.78 Å². The van der Waals surface area contributed by atoms with Gasteiger partial charge in [0.05, 0.1) is 5.69 Å². The highest BCUT2D eigenvalue weighted by molar-refractivity contribution is 5.90. The van der Waals surface area contributed by atoms with E-state index >= 15 is 0 Å². The van der Waals surface area contributed by atoms with E-state index in [0.29, 0.717) is 5.78 Å². The zero-order valence-electron chi connectivity index (χ0n) is 21.4. The minimum atomic E-state index is -0.137. The van der Waals surface area contributed by atoms with Crippen molar-refractivity contribution in [3.63, 3.8) is 0 Å². The number of hydrogen-bond acceptors (Lipinski definition) is 2. The van der Waals surface area contributed by atoms with Crippen molar-refractivity contribution in [1.29, 1.82) is 0 Å². The molecule has 1 aromatic heterocycles. The second kappa shape index (κ2) is 10.1. The first-order chi connectivity index (χ1) is 17.4.